The van der Waals surface area contributed by atoms with Crippen LogP contribution in [0.15, 0.2) is 28.4 Å². The molecule has 0 radical (unpaired) electrons. The largest absolute Gasteiger partial charge is 0.497 e. The van der Waals surface area contributed by atoms with Gasteiger partial charge in [0.1, 0.15) is 11.8 Å². The van der Waals surface area contributed by atoms with Crippen molar-refractivity contribution >= 4 is 17.7 Å². The number of nitrogens with one attached hydrogen (secondary N) is 1. The van der Waals surface area contributed by atoms with E-state index in [0.29, 0.717) is 11.4 Å². The molecule has 1 N–H and O–H groups in total. The minimum Gasteiger partial charge on any atom is -0.497 e. The molecule has 0 aliphatic rings. The number of imide groups is 1. The lowest BCUT2D eigenvalue weighted by Gasteiger charge is -2.06. The van der Waals surface area contributed by atoms with Gasteiger partial charge in [-0.15, -0.1) is 0 Å². The van der Waals surface area contributed by atoms with Crippen LogP contribution in [0.2, 0.25) is 0 Å². The fraction of sp³-hybridized carbons (Fsp3) is 0.357. The van der Waals surface area contributed by atoms with Gasteiger partial charge < -0.3 is 9.47 Å². The fourth-order valence-electron chi connectivity index (χ4n) is 1.46. The Kier molecular flexibility index (Phi) is 6.50. The fourth-order valence-corrected chi connectivity index (χ4v) is 1.46. The van der Waals surface area contributed by atoms with Gasteiger partial charge in [-0.2, -0.15) is 15.5 Å². The van der Waals surface area contributed by atoms with Gasteiger partial charge in [-0.25, -0.2) is 4.79 Å². The smallest absolute Gasteiger partial charge is 0.413 e. The summed E-state index contributed by atoms with van der Waals surface area (Å²) in [5.74, 6) is -0.232. The molecule has 1 rings (SSSR count). The molecule has 1 unspecified atom stereocenters. The summed E-state index contributed by atoms with van der Waals surface area (Å²) < 4.78 is 9.61. The van der Waals surface area contributed by atoms with Crippen molar-refractivity contribution in [3.8, 4) is 11.8 Å². The first-order valence-electron chi connectivity index (χ1n) is 6.44. The van der Waals surface area contributed by atoms with Crippen molar-refractivity contribution < 1.29 is 19.1 Å². The molecule has 0 aliphatic heterocycles. The molecule has 116 valence electrons. The standard InChI is InChI=1S/C14H16N4O4/c1-4-22-14(20)16-13(19)12(8-15)18-17-11-6-5-10(21-3)7-9(11)2/h5-7,12H,4H2,1-3H3,(H,16,19,20). The molecule has 0 heterocycles. The topological polar surface area (TPSA) is 113 Å². The highest BCUT2D eigenvalue weighted by Crippen LogP contribution is 2.24. The van der Waals surface area contributed by atoms with Crippen LogP contribution in [0.25, 0.3) is 0 Å². The second kappa shape index (κ2) is 8.36. The molecule has 8 heteroatoms. The summed E-state index contributed by atoms with van der Waals surface area (Å²) in [6, 6.07) is 5.29. The van der Waals surface area contributed by atoms with E-state index in [2.05, 4.69) is 15.0 Å². The van der Waals surface area contributed by atoms with Gasteiger partial charge in [0.15, 0.2) is 0 Å². The number of azo groups is 1. The first-order valence-corrected chi connectivity index (χ1v) is 6.44. The number of hydrogen-bond acceptors (Lipinski definition) is 7. The van der Waals surface area contributed by atoms with Gasteiger partial charge in [0.05, 0.1) is 19.4 Å². The van der Waals surface area contributed by atoms with Gasteiger partial charge in [-0.1, -0.05) is 0 Å². The number of carbonyl (C=O) groups is 2. The third kappa shape index (κ3) is 4.86. The van der Waals surface area contributed by atoms with Crippen molar-refractivity contribution in [2.24, 2.45) is 10.2 Å². The van der Waals surface area contributed by atoms with Gasteiger partial charge in [-0.3, -0.25) is 10.1 Å². The van der Waals surface area contributed by atoms with Gasteiger partial charge in [0, 0.05) is 0 Å². The molecule has 1 atom stereocenters. The summed E-state index contributed by atoms with van der Waals surface area (Å²) in [6.45, 7) is 3.50. The first-order chi connectivity index (χ1) is 10.5. The Morgan fingerprint density at radius 3 is 2.73 bits per heavy atom. The van der Waals surface area contributed by atoms with Crippen molar-refractivity contribution in [3.63, 3.8) is 0 Å². The molecule has 0 aliphatic carbocycles. The maximum absolute atomic E-state index is 11.7. The van der Waals surface area contributed by atoms with E-state index in [-0.39, 0.29) is 6.61 Å². The lowest BCUT2D eigenvalue weighted by atomic mass is 10.2. The zero-order chi connectivity index (χ0) is 16.5. The van der Waals surface area contributed by atoms with Crippen molar-refractivity contribution in [1.82, 2.24) is 5.32 Å². The molecule has 8 nitrogen and oxygen atoms in total. The van der Waals surface area contributed by atoms with Crippen molar-refractivity contribution in [2.75, 3.05) is 13.7 Å². The van der Waals surface area contributed by atoms with Crippen molar-refractivity contribution in [2.45, 2.75) is 19.9 Å². The number of amides is 2. The second-order valence-electron chi connectivity index (χ2n) is 4.11. The molecule has 1 aromatic rings. The summed E-state index contributed by atoms with van der Waals surface area (Å²) in [5, 5.41) is 18.3. The van der Waals surface area contributed by atoms with Gasteiger partial charge >= 0.3 is 6.09 Å². The molecule has 22 heavy (non-hydrogen) atoms. The molecule has 1 aromatic carbocycles. The maximum Gasteiger partial charge on any atom is 0.413 e. The molecule has 0 aromatic heterocycles. The number of aryl methyl sites for hydroxylation is 1. The Morgan fingerprint density at radius 2 is 2.18 bits per heavy atom. The number of alkyl carbamates (subject to hydrolysis) is 1. The van der Waals surface area contributed by atoms with E-state index in [1.54, 1.807) is 45.2 Å². The lowest BCUT2D eigenvalue weighted by molar-refractivity contribution is -0.120. The van der Waals surface area contributed by atoms with E-state index in [1.807, 2.05) is 5.32 Å². The number of rotatable bonds is 5. The third-order valence-corrected chi connectivity index (χ3v) is 2.56. The van der Waals surface area contributed by atoms with Crippen LogP contribution >= 0.6 is 0 Å². The van der Waals surface area contributed by atoms with E-state index in [1.165, 1.54) is 0 Å². The highest BCUT2D eigenvalue weighted by molar-refractivity contribution is 5.96. The normalized spacial score (nSPS) is 11.5. The summed E-state index contributed by atoms with van der Waals surface area (Å²) >= 11 is 0. The minimum atomic E-state index is -1.44. The number of nitrogens with zero attached hydrogens (tertiary/aromatic N) is 3. The van der Waals surface area contributed by atoms with Crippen LogP contribution in [0.5, 0.6) is 5.75 Å². The first kappa shape index (κ1) is 17.1. The highest BCUT2D eigenvalue weighted by atomic mass is 16.5. The van der Waals surface area contributed by atoms with E-state index >= 15 is 0 Å². The molecule has 0 saturated heterocycles. The number of nitriles is 1. The van der Waals surface area contributed by atoms with Crippen molar-refractivity contribution in [1.29, 1.82) is 5.26 Å². The van der Waals surface area contributed by atoms with Crippen LogP contribution in [0.1, 0.15) is 12.5 Å². The Bertz CT molecular complexity index is 622. The molecular formula is C14H16N4O4. The number of carbonyl (C=O) groups excluding carboxylic acids is 2. The summed E-state index contributed by atoms with van der Waals surface area (Å²) in [6.07, 6.45) is -0.927. The SMILES string of the molecule is CCOC(=O)NC(=O)C(C#N)N=Nc1ccc(OC)cc1C. The van der Waals surface area contributed by atoms with Gasteiger partial charge in [-0.05, 0) is 37.6 Å². The predicted molar refractivity (Wildman–Crippen MR) is 76.8 cm³/mol. The Balaban J connectivity index is 2.79. The number of methoxy groups -OCH3 is 1. The van der Waals surface area contributed by atoms with Crippen LogP contribution < -0.4 is 10.1 Å². The van der Waals surface area contributed by atoms with Crippen molar-refractivity contribution in [3.05, 3.63) is 23.8 Å². The molecular weight excluding hydrogens is 288 g/mol. The molecule has 0 bridgehead atoms. The van der Waals surface area contributed by atoms with E-state index in [0.717, 1.165) is 5.56 Å². The van der Waals surface area contributed by atoms with Crippen LogP contribution in [0, 0.1) is 18.3 Å². The number of ether oxygens (including phenoxy) is 2. The maximum atomic E-state index is 11.7. The molecule has 2 amide bonds. The Labute approximate surface area is 127 Å². The van der Waals surface area contributed by atoms with Crippen LogP contribution in [-0.4, -0.2) is 31.8 Å². The highest BCUT2D eigenvalue weighted by Gasteiger charge is 2.20. The van der Waals surface area contributed by atoms with Gasteiger partial charge in [0.25, 0.3) is 5.91 Å². The minimum absolute atomic E-state index is 0.114. The van der Waals surface area contributed by atoms with Crippen LogP contribution in [-0.2, 0) is 9.53 Å². The second-order valence-corrected chi connectivity index (χ2v) is 4.11. The van der Waals surface area contributed by atoms with E-state index in [9.17, 15) is 9.59 Å². The van der Waals surface area contributed by atoms with Crippen LogP contribution in [0.4, 0.5) is 10.5 Å². The monoisotopic (exact) mass is 304 g/mol. The third-order valence-electron chi connectivity index (χ3n) is 2.56. The summed E-state index contributed by atoms with van der Waals surface area (Å²) in [4.78, 5) is 22.8. The van der Waals surface area contributed by atoms with Crippen LogP contribution in [0.3, 0.4) is 0 Å². The average Bonchev–Trinajstić information content (AvgIpc) is 2.49. The quantitative estimate of drug-likeness (QED) is 0.838. The molecule has 0 fully saturated rings. The Morgan fingerprint density at radius 1 is 1.45 bits per heavy atom. The lowest BCUT2D eigenvalue weighted by Crippen LogP contribution is -2.37. The Hall–Kier alpha value is -2.95. The average molecular weight is 304 g/mol. The zero-order valence-corrected chi connectivity index (χ0v) is 12.5. The van der Waals surface area contributed by atoms with Gasteiger partial charge in [0.2, 0.25) is 6.04 Å². The summed E-state index contributed by atoms with van der Waals surface area (Å²) in [7, 11) is 1.54. The summed E-state index contributed by atoms with van der Waals surface area (Å²) in [5.41, 5.74) is 1.26. The number of benzene rings is 1. The number of hydrogen-bond donors (Lipinski definition) is 1. The zero-order valence-electron chi connectivity index (χ0n) is 12.5. The predicted octanol–water partition coefficient (Wildman–Crippen LogP) is 2.25. The van der Waals surface area contributed by atoms with E-state index < -0.39 is 18.0 Å². The van der Waals surface area contributed by atoms with E-state index in [4.69, 9.17) is 10.00 Å². The molecule has 0 saturated carbocycles. The molecule has 0 spiro atoms.